The Morgan fingerprint density at radius 1 is 0.800 bits per heavy atom. The van der Waals surface area contributed by atoms with Gasteiger partial charge in [0.25, 0.3) is 0 Å². The van der Waals surface area contributed by atoms with Gasteiger partial charge in [-0.2, -0.15) is 12.7 Å². The Morgan fingerprint density at radius 2 is 1.58 bits per heavy atom. The fourth-order valence-electron chi connectivity index (χ4n) is 5.64. The number of benzene rings is 3. The second-order valence-corrected chi connectivity index (χ2v) is 13.3. The molecule has 0 fully saturated rings. The molecule has 7 rings (SSSR count). The Balaban J connectivity index is 0.00000401. The van der Waals surface area contributed by atoms with Crippen molar-refractivity contribution in [3.63, 3.8) is 0 Å². The summed E-state index contributed by atoms with van der Waals surface area (Å²) >= 11 is 0. The molecular weight excluding hydrogens is 738 g/mol. The van der Waals surface area contributed by atoms with Gasteiger partial charge in [0.1, 0.15) is 5.82 Å². The Morgan fingerprint density at radius 3 is 2.33 bits per heavy atom. The molecule has 0 amide bonds. The second-order valence-electron chi connectivity index (χ2n) is 13.3. The van der Waals surface area contributed by atoms with Gasteiger partial charge in [-0.15, -0.1) is 47.0 Å². The van der Waals surface area contributed by atoms with Gasteiger partial charge < -0.3 is 19.1 Å². The van der Waals surface area contributed by atoms with Crippen LogP contribution in [0.25, 0.3) is 27.6 Å². The van der Waals surface area contributed by atoms with Crippen LogP contribution in [0.15, 0.2) is 85.3 Å². The fourth-order valence-corrected chi connectivity index (χ4v) is 5.64. The van der Waals surface area contributed by atoms with Gasteiger partial charge in [0.05, 0.1) is 0 Å². The van der Waals surface area contributed by atoms with Crippen LogP contribution in [0.1, 0.15) is 56.8 Å². The Hall–Kier alpha value is -4.15. The van der Waals surface area contributed by atoms with Crippen molar-refractivity contribution in [3.05, 3.63) is 115 Å². The predicted octanol–water partition coefficient (Wildman–Crippen LogP) is 9.27. The maximum atomic E-state index is 8.12. The van der Waals surface area contributed by atoms with Crippen LogP contribution in [0.5, 0.6) is 11.5 Å². The van der Waals surface area contributed by atoms with Crippen molar-refractivity contribution in [1.29, 1.82) is 0 Å². The summed E-state index contributed by atoms with van der Waals surface area (Å²) in [5.74, 6) is 1.81. The van der Waals surface area contributed by atoms with Crippen LogP contribution in [0.4, 0.5) is 17.1 Å². The number of hydrogen-bond acceptors (Lipinski definition) is 5. The SMILES string of the molecule is [2H]C([2H])([2H])N1[CH-]N(c2[c-]c(Oc3[c-]c4c(cc3)c3cnccc3n4-c3cc(C(C)(C)C)ccn3)cc(C(C)(C)C)c2)c2ccccc21.[Pt]. The van der Waals surface area contributed by atoms with Crippen LogP contribution in [-0.4, -0.2) is 21.5 Å². The summed E-state index contributed by atoms with van der Waals surface area (Å²) in [7, 11) is 0. The molecule has 3 aromatic carbocycles. The summed E-state index contributed by atoms with van der Waals surface area (Å²) in [4.78, 5) is 12.3. The molecule has 0 bridgehead atoms. The molecule has 232 valence electrons. The summed E-state index contributed by atoms with van der Waals surface area (Å²) in [6.45, 7) is 12.2. The van der Waals surface area contributed by atoms with E-state index in [0.29, 0.717) is 22.9 Å². The third kappa shape index (κ3) is 5.61. The number of aromatic nitrogens is 3. The smallest absolute Gasteiger partial charge is 0.135 e. The van der Waals surface area contributed by atoms with E-state index in [1.165, 1.54) is 10.5 Å². The van der Waals surface area contributed by atoms with Gasteiger partial charge in [-0.1, -0.05) is 59.2 Å². The molecule has 0 saturated heterocycles. The van der Waals surface area contributed by atoms with Gasteiger partial charge in [-0.05, 0) is 59.1 Å². The molecule has 1 aliphatic heterocycles. The molecule has 0 saturated carbocycles. The molecular formula is C38H36N5OPt-3. The number of ether oxygens (including phenoxy) is 1. The van der Waals surface area contributed by atoms with Crippen LogP contribution in [0, 0.1) is 18.8 Å². The number of anilines is 3. The van der Waals surface area contributed by atoms with Gasteiger partial charge in [0.15, 0.2) is 0 Å². The van der Waals surface area contributed by atoms with Gasteiger partial charge in [0, 0.05) is 72.2 Å². The molecule has 7 heteroatoms. The van der Waals surface area contributed by atoms with Crippen LogP contribution in [0.3, 0.4) is 0 Å². The zero-order valence-corrected chi connectivity index (χ0v) is 28.4. The predicted molar refractivity (Wildman–Crippen MR) is 179 cm³/mol. The molecule has 0 radical (unpaired) electrons. The fraction of sp³-hybridized carbons (Fsp3) is 0.237. The molecule has 0 atom stereocenters. The molecule has 0 spiro atoms. The van der Waals surface area contributed by atoms with E-state index in [1.54, 1.807) is 12.9 Å². The van der Waals surface area contributed by atoms with Crippen LogP contribution >= 0.6 is 0 Å². The van der Waals surface area contributed by atoms with Crippen molar-refractivity contribution in [2.75, 3.05) is 16.8 Å². The van der Waals surface area contributed by atoms with Crippen LogP contribution in [-0.2, 0) is 31.9 Å². The molecule has 4 heterocycles. The molecule has 0 unspecified atom stereocenters. The maximum absolute atomic E-state index is 8.12. The molecule has 3 aromatic heterocycles. The molecule has 45 heavy (non-hydrogen) atoms. The maximum Gasteiger partial charge on any atom is 0.135 e. The first-order valence-corrected chi connectivity index (χ1v) is 14.7. The van der Waals surface area contributed by atoms with Gasteiger partial charge in [-0.25, -0.2) is 4.98 Å². The van der Waals surface area contributed by atoms with Crippen LogP contribution in [0.2, 0.25) is 0 Å². The summed E-state index contributed by atoms with van der Waals surface area (Å²) in [5, 5.41) is 1.99. The third-order valence-corrected chi connectivity index (χ3v) is 8.10. The number of rotatable bonds is 4. The molecule has 0 aliphatic carbocycles. The van der Waals surface area contributed by atoms with Crippen molar-refractivity contribution < 1.29 is 29.9 Å². The number of fused-ring (bicyclic) bond motifs is 4. The molecule has 1 aliphatic rings. The average Bonchev–Trinajstić information content (AvgIpc) is 3.57. The first-order valence-electron chi connectivity index (χ1n) is 16.2. The first-order chi connectivity index (χ1) is 22.2. The van der Waals surface area contributed by atoms with Crippen molar-refractivity contribution in [2.24, 2.45) is 0 Å². The minimum atomic E-state index is -2.34. The van der Waals surface area contributed by atoms with Gasteiger partial charge in [-0.3, -0.25) is 4.98 Å². The van der Waals surface area contributed by atoms with E-state index < -0.39 is 6.98 Å². The van der Waals surface area contributed by atoms with Crippen molar-refractivity contribution >= 4 is 38.9 Å². The van der Waals surface area contributed by atoms with E-state index in [2.05, 4.69) is 75.4 Å². The molecule has 0 N–H and O–H groups in total. The molecule has 6 nitrogen and oxygen atoms in total. The minimum Gasteiger partial charge on any atom is -0.509 e. The Bertz CT molecular complexity index is 2150. The Labute approximate surface area is 284 Å². The monoisotopic (exact) mass is 776 g/mol. The summed E-state index contributed by atoms with van der Waals surface area (Å²) in [6.07, 6.45) is 5.51. The quantitative estimate of drug-likeness (QED) is 0.167. The van der Waals surface area contributed by atoms with E-state index >= 15 is 0 Å². The number of para-hydroxylation sites is 2. The van der Waals surface area contributed by atoms with E-state index in [-0.39, 0.29) is 31.9 Å². The largest absolute Gasteiger partial charge is 0.509 e. The van der Waals surface area contributed by atoms with Gasteiger partial charge >= 0.3 is 0 Å². The summed E-state index contributed by atoms with van der Waals surface area (Å²) in [6, 6.07) is 28.5. The van der Waals surface area contributed by atoms with Crippen LogP contribution < -0.4 is 14.5 Å². The van der Waals surface area contributed by atoms with Crippen molar-refractivity contribution in [2.45, 2.75) is 52.4 Å². The van der Waals surface area contributed by atoms with E-state index in [9.17, 15) is 0 Å². The van der Waals surface area contributed by atoms with E-state index in [1.807, 2.05) is 71.9 Å². The van der Waals surface area contributed by atoms with E-state index in [4.69, 9.17) is 13.8 Å². The first kappa shape index (κ1) is 27.2. The second kappa shape index (κ2) is 11.3. The number of pyridine rings is 2. The minimum absolute atomic E-state index is 0. The summed E-state index contributed by atoms with van der Waals surface area (Å²) < 4.78 is 33.0. The topological polar surface area (TPSA) is 46.4 Å². The molecule has 6 aromatic rings. The van der Waals surface area contributed by atoms with Gasteiger partial charge in [0.2, 0.25) is 0 Å². The summed E-state index contributed by atoms with van der Waals surface area (Å²) in [5.41, 5.74) is 5.77. The zero-order valence-electron chi connectivity index (χ0n) is 29.1. The van der Waals surface area contributed by atoms with Crippen molar-refractivity contribution in [1.82, 2.24) is 14.5 Å². The van der Waals surface area contributed by atoms with E-state index in [0.717, 1.165) is 38.9 Å². The Kier molecular flexibility index (Phi) is 6.85. The number of nitrogens with zero attached hydrogens (tertiary/aromatic N) is 5. The average molecular weight is 777 g/mol. The normalized spacial score (nSPS) is 14.6. The zero-order chi connectivity index (χ0) is 33.3. The third-order valence-electron chi connectivity index (χ3n) is 8.10. The van der Waals surface area contributed by atoms with Crippen molar-refractivity contribution in [3.8, 4) is 17.3 Å². The standard InChI is InChI=1S/C38H36N5O.Pt/c1-37(2,3)25-14-17-40-36(20-25)43-32-15-16-39-23-31(32)30-13-12-28(22-35(30)43)44-29-19-26(38(4,5)6)18-27(21-29)42-24-41(7)33-10-8-9-11-34(33)42;/h8-20,23-24H,1-7H3;/q-3;/i7D3;. The number of hydrogen-bond donors (Lipinski definition) is 0.